The Balaban J connectivity index is 1.61. The molecule has 2 fully saturated rings. The Bertz CT molecular complexity index is 640. The van der Waals surface area contributed by atoms with Gasteiger partial charge in [-0.25, -0.2) is 0 Å². The monoisotopic (exact) mass is 371 g/mol. The van der Waals surface area contributed by atoms with E-state index in [1.165, 1.54) is 37.8 Å². The van der Waals surface area contributed by atoms with E-state index in [4.69, 9.17) is 0 Å². The Hall–Kier alpha value is -2.04. The molecular weight excluding hydrogens is 338 g/mol. The third-order valence-corrected chi connectivity index (χ3v) is 5.84. The van der Waals surface area contributed by atoms with E-state index in [0.29, 0.717) is 0 Å². The number of anilines is 2. The lowest BCUT2D eigenvalue weighted by molar-refractivity contribution is -0.146. The van der Waals surface area contributed by atoms with Crippen LogP contribution in [0, 0.1) is 5.41 Å². The van der Waals surface area contributed by atoms with Crippen molar-refractivity contribution in [3.05, 3.63) is 24.3 Å². The molecule has 0 atom stereocenters. The fourth-order valence-corrected chi connectivity index (χ4v) is 3.96. The molecule has 0 saturated carbocycles. The molecule has 1 N–H and O–H groups in total. The molecule has 2 amide bonds. The van der Waals surface area contributed by atoms with Crippen molar-refractivity contribution in [3.8, 4) is 0 Å². The van der Waals surface area contributed by atoms with Crippen molar-refractivity contribution in [1.82, 2.24) is 4.90 Å². The Morgan fingerprint density at radius 3 is 1.93 bits per heavy atom. The van der Waals surface area contributed by atoms with Gasteiger partial charge in [-0.3, -0.25) is 9.59 Å². The Morgan fingerprint density at radius 2 is 1.33 bits per heavy atom. The van der Waals surface area contributed by atoms with Crippen molar-refractivity contribution in [2.75, 3.05) is 36.4 Å². The van der Waals surface area contributed by atoms with Crippen LogP contribution < -0.4 is 10.2 Å². The number of rotatable bonds is 4. The highest BCUT2D eigenvalue weighted by molar-refractivity contribution is 6.09. The first-order chi connectivity index (χ1) is 13.0. The first kappa shape index (κ1) is 19.7. The second-order valence-electron chi connectivity index (χ2n) is 8.38. The predicted octanol–water partition coefficient (Wildman–Crippen LogP) is 4.04. The van der Waals surface area contributed by atoms with Crippen LogP contribution in [0.1, 0.15) is 58.8 Å². The summed E-state index contributed by atoms with van der Waals surface area (Å²) in [7, 11) is 0. The Morgan fingerprint density at radius 1 is 0.815 bits per heavy atom. The number of likely N-dealkylation sites (tertiary alicyclic amines) is 1. The molecule has 2 aliphatic heterocycles. The second-order valence-corrected chi connectivity index (χ2v) is 8.38. The molecule has 27 heavy (non-hydrogen) atoms. The maximum absolute atomic E-state index is 12.9. The van der Waals surface area contributed by atoms with E-state index in [-0.39, 0.29) is 11.8 Å². The summed E-state index contributed by atoms with van der Waals surface area (Å²) >= 11 is 0. The molecule has 148 valence electrons. The molecule has 1 aromatic rings. The van der Waals surface area contributed by atoms with Crippen LogP contribution in [0.25, 0.3) is 0 Å². The maximum Gasteiger partial charge on any atom is 0.239 e. The van der Waals surface area contributed by atoms with Crippen molar-refractivity contribution in [1.29, 1.82) is 0 Å². The van der Waals surface area contributed by atoms with E-state index in [0.717, 1.165) is 44.7 Å². The lowest BCUT2D eigenvalue weighted by atomic mass is 9.90. The Kier molecular flexibility index (Phi) is 6.40. The molecule has 0 aliphatic carbocycles. The molecule has 2 saturated heterocycles. The number of nitrogens with zero attached hydrogens (tertiary/aromatic N) is 2. The fourth-order valence-electron chi connectivity index (χ4n) is 3.96. The summed E-state index contributed by atoms with van der Waals surface area (Å²) in [6, 6.07) is 8.00. The minimum Gasteiger partial charge on any atom is -0.372 e. The molecule has 0 radical (unpaired) electrons. The highest BCUT2D eigenvalue weighted by Gasteiger charge is 2.39. The third kappa shape index (κ3) is 4.82. The summed E-state index contributed by atoms with van der Waals surface area (Å²) in [6.07, 6.45) is 8.18. The minimum absolute atomic E-state index is 0.0631. The second kappa shape index (κ2) is 8.77. The molecule has 5 heteroatoms. The highest BCUT2D eigenvalue weighted by atomic mass is 16.2. The number of hydrogen-bond donors (Lipinski definition) is 1. The molecule has 0 bridgehead atoms. The normalized spacial score (nSPS) is 18.7. The molecule has 2 aliphatic rings. The number of carbonyl (C=O) groups is 2. The largest absolute Gasteiger partial charge is 0.372 e. The molecule has 5 nitrogen and oxygen atoms in total. The van der Waals surface area contributed by atoms with Crippen LogP contribution in [0.15, 0.2) is 24.3 Å². The van der Waals surface area contributed by atoms with Gasteiger partial charge in [0.05, 0.1) is 0 Å². The molecular formula is C22H33N3O2. The van der Waals surface area contributed by atoms with E-state index in [9.17, 15) is 9.59 Å². The van der Waals surface area contributed by atoms with Crippen LogP contribution >= 0.6 is 0 Å². The number of nitrogens with one attached hydrogen (secondary N) is 1. The van der Waals surface area contributed by atoms with Gasteiger partial charge in [-0.1, -0.05) is 12.8 Å². The van der Waals surface area contributed by atoms with Crippen LogP contribution in [0.5, 0.6) is 0 Å². The van der Waals surface area contributed by atoms with E-state index in [1.54, 1.807) is 13.8 Å². The van der Waals surface area contributed by atoms with Crippen LogP contribution in [0.3, 0.4) is 0 Å². The third-order valence-electron chi connectivity index (χ3n) is 5.84. The number of carbonyl (C=O) groups excluding carboxylic acids is 2. The zero-order valence-corrected chi connectivity index (χ0v) is 16.8. The smallest absolute Gasteiger partial charge is 0.239 e. The standard InChI is InChI=1S/C22H33N3O2/c1-22(2,21(27)25-16-6-3-4-7-17-25)20(26)23-18-10-12-19(13-11-18)24-14-8-5-9-15-24/h10-13H,3-9,14-17H2,1-2H3,(H,23,26). The number of benzene rings is 1. The lowest BCUT2D eigenvalue weighted by Crippen LogP contribution is -2.47. The maximum atomic E-state index is 12.9. The van der Waals surface area contributed by atoms with E-state index < -0.39 is 5.41 Å². The van der Waals surface area contributed by atoms with Crippen LogP contribution in [0.4, 0.5) is 11.4 Å². The van der Waals surface area contributed by atoms with Gasteiger partial charge in [-0.15, -0.1) is 0 Å². The van der Waals surface area contributed by atoms with Crippen molar-refractivity contribution >= 4 is 23.2 Å². The molecule has 0 spiro atoms. The SMILES string of the molecule is CC(C)(C(=O)Nc1ccc(N2CCCCC2)cc1)C(=O)N1CCCCCC1. The first-order valence-corrected chi connectivity index (χ1v) is 10.4. The lowest BCUT2D eigenvalue weighted by Gasteiger charge is -2.30. The zero-order chi connectivity index (χ0) is 19.3. The van der Waals surface area contributed by atoms with Gasteiger partial charge in [-0.05, 0) is 70.2 Å². The average molecular weight is 372 g/mol. The van der Waals surface area contributed by atoms with Crippen LogP contribution in [-0.4, -0.2) is 42.9 Å². The van der Waals surface area contributed by atoms with Gasteiger partial charge in [0, 0.05) is 37.6 Å². The summed E-state index contributed by atoms with van der Waals surface area (Å²) < 4.78 is 0. The van der Waals surface area contributed by atoms with E-state index in [2.05, 4.69) is 22.3 Å². The minimum atomic E-state index is -1.06. The summed E-state index contributed by atoms with van der Waals surface area (Å²) in [6.45, 7) is 7.20. The predicted molar refractivity (Wildman–Crippen MR) is 110 cm³/mol. The number of hydrogen-bond acceptors (Lipinski definition) is 3. The van der Waals surface area contributed by atoms with Gasteiger partial charge in [0.2, 0.25) is 11.8 Å². The summed E-state index contributed by atoms with van der Waals surface area (Å²) in [5.74, 6) is -0.297. The van der Waals surface area contributed by atoms with Gasteiger partial charge in [0.15, 0.2) is 0 Å². The van der Waals surface area contributed by atoms with Gasteiger partial charge < -0.3 is 15.1 Å². The van der Waals surface area contributed by atoms with Crippen LogP contribution in [0.2, 0.25) is 0 Å². The number of amides is 2. The van der Waals surface area contributed by atoms with Gasteiger partial charge >= 0.3 is 0 Å². The summed E-state index contributed by atoms with van der Waals surface area (Å²) in [5, 5.41) is 2.94. The fraction of sp³-hybridized carbons (Fsp3) is 0.636. The van der Waals surface area contributed by atoms with E-state index >= 15 is 0 Å². The number of piperidine rings is 1. The summed E-state index contributed by atoms with van der Waals surface area (Å²) in [5.41, 5.74) is 0.890. The molecule has 1 aromatic carbocycles. The quantitative estimate of drug-likeness (QED) is 0.813. The van der Waals surface area contributed by atoms with Crippen molar-refractivity contribution < 1.29 is 9.59 Å². The van der Waals surface area contributed by atoms with Crippen molar-refractivity contribution in [3.63, 3.8) is 0 Å². The van der Waals surface area contributed by atoms with Gasteiger partial charge in [0.1, 0.15) is 5.41 Å². The van der Waals surface area contributed by atoms with Crippen molar-refractivity contribution in [2.24, 2.45) is 5.41 Å². The van der Waals surface area contributed by atoms with Gasteiger partial charge in [0.25, 0.3) is 0 Å². The summed E-state index contributed by atoms with van der Waals surface area (Å²) in [4.78, 5) is 30.0. The highest BCUT2D eigenvalue weighted by Crippen LogP contribution is 2.26. The van der Waals surface area contributed by atoms with Gasteiger partial charge in [-0.2, -0.15) is 0 Å². The van der Waals surface area contributed by atoms with E-state index in [1.807, 2.05) is 17.0 Å². The molecule has 0 unspecified atom stereocenters. The zero-order valence-electron chi connectivity index (χ0n) is 16.8. The molecule has 3 rings (SSSR count). The average Bonchev–Trinajstić information content (AvgIpc) is 2.98. The molecule has 2 heterocycles. The topological polar surface area (TPSA) is 52.7 Å². The van der Waals surface area contributed by atoms with Crippen LogP contribution in [-0.2, 0) is 9.59 Å². The molecule has 0 aromatic heterocycles. The van der Waals surface area contributed by atoms with Crippen molar-refractivity contribution in [2.45, 2.75) is 58.8 Å². The first-order valence-electron chi connectivity index (χ1n) is 10.4. The Labute approximate surface area is 163 Å².